The van der Waals surface area contributed by atoms with Crippen LogP contribution in [0.1, 0.15) is 23.6 Å². The van der Waals surface area contributed by atoms with Gasteiger partial charge >= 0.3 is 0 Å². The molecule has 1 heterocycles. The van der Waals surface area contributed by atoms with Crippen molar-refractivity contribution in [1.82, 2.24) is 4.31 Å². The van der Waals surface area contributed by atoms with Gasteiger partial charge in [-0.2, -0.15) is 4.31 Å². The van der Waals surface area contributed by atoms with E-state index < -0.39 is 10.0 Å². The van der Waals surface area contributed by atoms with Gasteiger partial charge in [0.2, 0.25) is 10.0 Å². The molecular weight excluding hydrogens is 302 g/mol. The molecular formula is C16H21NO4S. The van der Waals surface area contributed by atoms with Gasteiger partial charge in [0.05, 0.1) is 24.5 Å². The lowest BCUT2D eigenvalue weighted by molar-refractivity contribution is 0.409. The molecule has 0 amide bonds. The van der Waals surface area contributed by atoms with Crippen molar-refractivity contribution in [3.8, 4) is 5.75 Å². The summed E-state index contributed by atoms with van der Waals surface area (Å²) in [6.07, 6.45) is 3.10. The summed E-state index contributed by atoms with van der Waals surface area (Å²) in [6, 6.07) is 5.07. The number of methoxy groups -OCH3 is 1. The van der Waals surface area contributed by atoms with Crippen LogP contribution in [0, 0.1) is 13.8 Å². The lowest BCUT2D eigenvalue weighted by Gasteiger charge is -2.22. The Morgan fingerprint density at radius 2 is 1.91 bits per heavy atom. The van der Waals surface area contributed by atoms with Crippen molar-refractivity contribution in [2.75, 3.05) is 13.7 Å². The molecule has 5 nitrogen and oxygen atoms in total. The highest BCUT2D eigenvalue weighted by Crippen LogP contribution is 2.29. The highest BCUT2D eigenvalue weighted by Gasteiger charge is 2.26. The minimum atomic E-state index is -3.57. The van der Waals surface area contributed by atoms with Gasteiger partial charge in [0.15, 0.2) is 0 Å². The third-order valence-electron chi connectivity index (χ3n) is 3.82. The number of hydrogen-bond donors (Lipinski definition) is 0. The maximum atomic E-state index is 12.9. The molecule has 120 valence electrons. The van der Waals surface area contributed by atoms with Crippen molar-refractivity contribution in [3.05, 3.63) is 47.4 Å². The number of hydrogen-bond acceptors (Lipinski definition) is 4. The number of rotatable bonds is 6. The molecule has 0 atom stereocenters. The zero-order valence-corrected chi connectivity index (χ0v) is 14.1. The van der Waals surface area contributed by atoms with Crippen LogP contribution in [-0.2, 0) is 16.6 Å². The first-order chi connectivity index (χ1) is 10.4. The molecule has 0 bridgehead atoms. The third kappa shape index (κ3) is 3.03. The second-order valence-electron chi connectivity index (χ2n) is 5.08. The lowest BCUT2D eigenvalue weighted by atomic mass is 10.1. The average Bonchev–Trinajstić information content (AvgIpc) is 3.00. The fourth-order valence-corrected chi connectivity index (χ4v) is 4.08. The Morgan fingerprint density at radius 1 is 1.18 bits per heavy atom. The SMILES string of the molecule is CCN(Cc1ccoc1)S(=O)(=O)c1ccc(OC)c(C)c1C. The van der Waals surface area contributed by atoms with Crippen LogP contribution in [0.25, 0.3) is 0 Å². The standard InChI is InChI=1S/C16H21NO4S/c1-5-17(10-14-8-9-21-11-14)22(18,19)16-7-6-15(20-4)12(2)13(16)3/h6-9,11H,5,10H2,1-4H3. The van der Waals surface area contributed by atoms with E-state index in [1.165, 1.54) is 4.31 Å². The zero-order valence-electron chi connectivity index (χ0n) is 13.3. The summed E-state index contributed by atoms with van der Waals surface area (Å²) in [7, 11) is -1.99. The highest BCUT2D eigenvalue weighted by molar-refractivity contribution is 7.89. The first kappa shape index (κ1) is 16.6. The van der Waals surface area contributed by atoms with E-state index in [1.54, 1.807) is 44.8 Å². The fraction of sp³-hybridized carbons (Fsp3) is 0.375. The topological polar surface area (TPSA) is 59.8 Å². The van der Waals surface area contributed by atoms with Crippen LogP contribution in [0.3, 0.4) is 0 Å². The second-order valence-corrected chi connectivity index (χ2v) is 6.99. The van der Waals surface area contributed by atoms with Crippen molar-refractivity contribution in [3.63, 3.8) is 0 Å². The quantitative estimate of drug-likeness (QED) is 0.819. The predicted molar refractivity (Wildman–Crippen MR) is 84.4 cm³/mol. The van der Waals surface area contributed by atoms with E-state index >= 15 is 0 Å². The summed E-state index contributed by atoms with van der Waals surface area (Å²) in [5.74, 6) is 0.689. The van der Waals surface area contributed by atoms with Crippen LogP contribution < -0.4 is 4.74 Å². The number of furan rings is 1. The van der Waals surface area contributed by atoms with E-state index in [1.807, 2.05) is 13.8 Å². The first-order valence-corrected chi connectivity index (χ1v) is 8.51. The van der Waals surface area contributed by atoms with Gasteiger partial charge < -0.3 is 9.15 Å². The number of sulfonamides is 1. The molecule has 0 radical (unpaired) electrons. The van der Waals surface area contributed by atoms with Crippen molar-refractivity contribution in [1.29, 1.82) is 0 Å². The van der Waals surface area contributed by atoms with E-state index in [4.69, 9.17) is 9.15 Å². The predicted octanol–water partition coefficient (Wildman–Crippen LogP) is 3.12. The molecule has 0 aliphatic carbocycles. The smallest absolute Gasteiger partial charge is 0.243 e. The van der Waals surface area contributed by atoms with E-state index in [0.29, 0.717) is 29.3 Å². The largest absolute Gasteiger partial charge is 0.496 e. The summed E-state index contributed by atoms with van der Waals surface area (Å²) in [5, 5.41) is 0. The molecule has 0 unspecified atom stereocenters. The Balaban J connectivity index is 2.42. The lowest BCUT2D eigenvalue weighted by Crippen LogP contribution is -2.31. The Morgan fingerprint density at radius 3 is 2.45 bits per heavy atom. The van der Waals surface area contributed by atoms with Crippen LogP contribution >= 0.6 is 0 Å². The van der Waals surface area contributed by atoms with Gasteiger partial charge in [-0.25, -0.2) is 8.42 Å². The average molecular weight is 323 g/mol. The normalized spacial score (nSPS) is 11.9. The number of ether oxygens (including phenoxy) is 1. The number of benzene rings is 1. The van der Waals surface area contributed by atoms with Crippen molar-refractivity contribution in [2.45, 2.75) is 32.2 Å². The van der Waals surface area contributed by atoms with Crippen LogP contribution in [0.5, 0.6) is 5.75 Å². The Kier molecular flexibility index (Phi) is 4.93. The third-order valence-corrected chi connectivity index (χ3v) is 5.88. The molecule has 0 aliphatic rings. The van der Waals surface area contributed by atoms with E-state index in [0.717, 1.165) is 11.1 Å². The molecule has 0 spiro atoms. The second kappa shape index (κ2) is 6.54. The summed E-state index contributed by atoms with van der Waals surface area (Å²) >= 11 is 0. The van der Waals surface area contributed by atoms with Gasteiger partial charge in [0, 0.05) is 18.7 Å². The maximum absolute atomic E-state index is 12.9. The van der Waals surface area contributed by atoms with Gasteiger partial charge in [-0.3, -0.25) is 0 Å². The maximum Gasteiger partial charge on any atom is 0.243 e. The summed E-state index contributed by atoms with van der Waals surface area (Å²) in [6.45, 7) is 6.16. The molecule has 6 heteroatoms. The molecule has 0 aliphatic heterocycles. The minimum absolute atomic E-state index is 0.292. The van der Waals surface area contributed by atoms with E-state index in [2.05, 4.69) is 0 Å². The Bertz CT molecular complexity index is 736. The van der Waals surface area contributed by atoms with Crippen LogP contribution in [0.4, 0.5) is 0 Å². The molecule has 0 N–H and O–H groups in total. The van der Waals surface area contributed by atoms with Gasteiger partial charge in [0.25, 0.3) is 0 Å². The fourth-order valence-electron chi connectivity index (χ4n) is 2.36. The molecule has 1 aromatic carbocycles. The molecule has 0 fully saturated rings. The van der Waals surface area contributed by atoms with Crippen LogP contribution in [0.2, 0.25) is 0 Å². The Hall–Kier alpha value is -1.79. The van der Waals surface area contributed by atoms with E-state index in [9.17, 15) is 8.42 Å². The molecule has 2 aromatic rings. The van der Waals surface area contributed by atoms with Crippen molar-refractivity contribution >= 4 is 10.0 Å². The minimum Gasteiger partial charge on any atom is -0.496 e. The molecule has 1 aromatic heterocycles. The number of nitrogens with zero attached hydrogens (tertiary/aromatic N) is 1. The zero-order chi connectivity index (χ0) is 16.3. The van der Waals surface area contributed by atoms with Gasteiger partial charge in [-0.05, 0) is 43.2 Å². The summed E-state index contributed by atoms with van der Waals surface area (Å²) in [4.78, 5) is 0.316. The van der Waals surface area contributed by atoms with E-state index in [-0.39, 0.29) is 0 Å². The van der Waals surface area contributed by atoms with Gasteiger partial charge in [-0.15, -0.1) is 0 Å². The summed E-state index contributed by atoms with van der Waals surface area (Å²) in [5.41, 5.74) is 2.38. The summed E-state index contributed by atoms with van der Waals surface area (Å²) < 4.78 is 37.5. The molecule has 22 heavy (non-hydrogen) atoms. The van der Waals surface area contributed by atoms with Crippen molar-refractivity contribution < 1.29 is 17.6 Å². The monoisotopic (exact) mass is 323 g/mol. The first-order valence-electron chi connectivity index (χ1n) is 7.07. The van der Waals surface area contributed by atoms with Gasteiger partial charge in [-0.1, -0.05) is 6.92 Å². The Labute approximate surface area is 131 Å². The van der Waals surface area contributed by atoms with Gasteiger partial charge in [0.1, 0.15) is 5.75 Å². The highest BCUT2D eigenvalue weighted by atomic mass is 32.2. The van der Waals surface area contributed by atoms with Crippen LogP contribution in [0.15, 0.2) is 40.0 Å². The van der Waals surface area contributed by atoms with Crippen LogP contribution in [-0.4, -0.2) is 26.4 Å². The molecule has 2 rings (SSSR count). The van der Waals surface area contributed by atoms with Crippen molar-refractivity contribution in [2.24, 2.45) is 0 Å². The molecule has 0 saturated heterocycles. The molecule has 0 saturated carbocycles.